The van der Waals surface area contributed by atoms with E-state index in [1.54, 1.807) is 6.07 Å². The number of aromatic nitrogens is 3. The van der Waals surface area contributed by atoms with Crippen molar-refractivity contribution in [2.75, 3.05) is 10.6 Å². The molecular weight excluding hydrogens is 396 g/mol. The van der Waals surface area contributed by atoms with E-state index in [9.17, 15) is 9.59 Å². The van der Waals surface area contributed by atoms with Crippen molar-refractivity contribution in [2.45, 2.75) is 6.17 Å². The Morgan fingerprint density at radius 2 is 1.68 bits per heavy atom. The molecule has 2 aromatic heterocycles. The van der Waals surface area contributed by atoms with Gasteiger partial charge >= 0.3 is 6.01 Å². The van der Waals surface area contributed by atoms with Gasteiger partial charge in [0, 0.05) is 23.4 Å². The molecule has 0 bridgehead atoms. The van der Waals surface area contributed by atoms with Crippen LogP contribution in [0.15, 0.2) is 87.1 Å². The fraction of sp³-hybridized carbons (Fsp3) is 0.0455. The number of aliphatic imine (C=N–C) groups is 1. The number of benzene rings is 2. The normalized spacial score (nSPS) is 15.4. The molecule has 0 unspecified atom stereocenters. The average molecular weight is 412 g/mol. The van der Waals surface area contributed by atoms with Gasteiger partial charge in [0.1, 0.15) is 0 Å². The van der Waals surface area contributed by atoms with Crippen molar-refractivity contribution in [2.24, 2.45) is 4.99 Å². The molecule has 3 heterocycles. The maximum atomic E-state index is 12.9. The topological polar surface area (TPSA) is 125 Å². The SMILES string of the molecule is O=C1Nc2ccccc2C(c2ccccc2)=N[C@@H]1Nc1nnc(-c2ccc(=O)[nH]c2)o1. The smallest absolute Gasteiger partial charge is 0.317 e. The van der Waals surface area contributed by atoms with Crippen LogP contribution >= 0.6 is 0 Å². The Bertz CT molecular complexity index is 1320. The second-order valence-corrected chi connectivity index (χ2v) is 6.78. The van der Waals surface area contributed by atoms with Gasteiger partial charge in [-0.2, -0.15) is 0 Å². The highest BCUT2D eigenvalue weighted by Crippen LogP contribution is 2.25. The summed E-state index contributed by atoms with van der Waals surface area (Å²) in [6.45, 7) is 0. The van der Waals surface area contributed by atoms with E-state index >= 15 is 0 Å². The zero-order valence-electron chi connectivity index (χ0n) is 16.1. The number of carbonyl (C=O) groups excluding carboxylic acids is 1. The molecule has 0 fully saturated rings. The van der Waals surface area contributed by atoms with Crippen LogP contribution in [0.2, 0.25) is 0 Å². The monoisotopic (exact) mass is 412 g/mol. The predicted octanol–water partition coefficient (Wildman–Crippen LogP) is 2.65. The van der Waals surface area contributed by atoms with Gasteiger partial charge in [0.05, 0.1) is 17.0 Å². The number of aromatic amines is 1. The Hall–Kier alpha value is -4.53. The number of carbonyl (C=O) groups is 1. The molecule has 1 aliphatic heterocycles. The number of anilines is 2. The van der Waals surface area contributed by atoms with Crippen LogP contribution < -0.4 is 16.2 Å². The van der Waals surface area contributed by atoms with E-state index in [4.69, 9.17) is 4.42 Å². The van der Waals surface area contributed by atoms with Crippen LogP contribution in [0.4, 0.5) is 11.7 Å². The van der Waals surface area contributed by atoms with E-state index in [1.165, 1.54) is 12.3 Å². The van der Waals surface area contributed by atoms with Crippen LogP contribution in [0.5, 0.6) is 0 Å². The van der Waals surface area contributed by atoms with E-state index in [0.717, 1.165) is 11.1 Å². The summed E-state index contributed by atoms with van der Waals surface area (Å²) in [7, 11) is 0. The van der Waals surface area contributed by atoms with Crippen LogP contribution in [-0.4, -0.2) is 33.0 Å². The Morgan fingerprint density at radius 3 is 2.48 bits per heavy atom. The lowest BCUT2D eigenvalue weighted by Crippen LogP contribution is -2.32. The van der Waals surface area contributed by atoms with Gasteiger partial charge in [-0.25, -0.2) is 4.99 Å². The zero-order chi connectivity index (χ0) is 21.2. The molecule has 1 atom stereocenters. The van der Waals surface area contributed by atoms with Crippen LogP contribution in [0.3, 0.4) is 0 Å². The summed E-state index contributed by atoms with van der Waals surface area (Å²) in [6, 6.07) is 20.1. The van der Waals surface area contributed by atoms with Gasteiger partial charge in [-0.3, -0.25) is 9.59 Å². The largest absolute Gasteiger partial charge is 0.403 e. The molecule has 0 saturated carbocycles. The fourth-order valence-corrected chi connectivity index (χ4v) is 3.24. The molecule has 1 amide bonds. The zero-order valence-corrected chi connectivity index (χ0v) is 16.1. The highest BCUT2D eigenvalue weighted by molar-refractivity contribution is 6.19. The highest BCUT2D eigenvalue weighted by atomic mass is 16.4. The Balaban J connectivity index is 1.50. The van der Waals surface area contributed by atoms with Crippen LogP contribution in [0.1, 0.15) is 11.1 Å². The van der Waals surface area contributed by atoms with E-state index < -0.39 is 6.17 Å². The molecule has 31 heavy (non-hydrogen) atoms. The second-order valence-electron chi connectivity index (χ2n) is 6.78. The van der Waals surface area contributed by atoms with E-state index in [0.29, 0.717) is 17.0 Å². The third-order valence-corrected chi connectivity index (χ3v) is 4.71. The molecule has 9 nitrogen and oxygen atoms in total. The first-order valence-corrected chi connectivity index (χ1v) is 9.50. The van der Waals surface area contributed by atoms with Gasteiger partial charge in [0.25, 0.3) is 11.8 Å². The Morgan fingerprint density at radius 1 is 0.871 bits per heavy atom. The maximum Gasteiger partial charge on any atom is 0.317 e. The molecule has 1 aliphatic rings. The van der Waals surface area contributed by atoms with Gasteiger partial charge in [-0.15, -0.1) is 5.10 Å². The lowest BCUT2D eigenvalue weighted by atomic mass is 10.0. The molecule has 3 N–H and O–H groups in total. The molecule has 0 radical (unpaired) electrons. The lowest BCUT2D eigenvalue weighted by molar-refractivity contribution is -0.116. The van der Waals surface area contributed by atoms with Gasteiger partial charge < -0.3 is 20.0 Å². The molecule has 5 rings (SSSR count). The number of nitrogens with one attached hydrogen (secondary N) is 3. The summed E-state index contributed by atoms with van der Waals surface area (Å²) in [5, 5.41) is 13.7. The van der Waals surface area contributed by atoms with E-state index in [2.05, 4.69) is 30.8 Å². The Labute approximate surface area is 175 Å². The van der Waals surface area contributed by atoms with Crippen molar-refractivity contribution in [1.29, 1.82) is 0 Å². The third-order valence-electron chi connectivity index (χ3n) is 4.71. The summed E-state index contributed by atoms with van der Waals surface area (Å²) in [5.74, 6) is -0.162. The number of amides is 1. The summed E-state index contributed by atoms with van der Waals surface area (Å²) in [4.78, 5) is 31.3. The number of pyridine rings is 1. The predicted molar refractivity (Wildman–Crippen MR) is 115 cm³/mol. The maximum absolute atomic E-state index is 12.9. The number of rotatable bonds is 4. The number of fused-ring (bicyclic) bond motifs is 1. The van der Waals surface area contributed by atoms with Crippen molar-refractivity contribution < 1.29 is 9.21 Å². The molecule has 9 heteroatoms. The highest BCUT2D eigenvalue weighted by Gasteiger charge is 2.27. The average Bonchev–Trinajstić information content (AvgIpc) is 3.21. The molecule has 0 spiro atoms. The number of hydrogen-bond acceptors (Lipinski definition) is 7. The standard InChI is InChI=1S/C22H16N6O3/c29-17-11-10-14(12-23-17)21-27-28-22(31-21)26-19-20(30)24-16-9-5-4-8-15(16)18(25-19)13-6-2-1-3-7-13/h1-12,19H,(H,23,29)(H,24,30)(H,26,28)/t19-/m1/s1. The second kappa shape index (κ2) is 7.71. The third kappa shape index (κ3) is 3.71. The minimum atomic E-state index is -0.994. The lowest BCUT2D eigenvalue weighted by Gasteiger charge is -2.11. The molecule has 152 valence electrons. The van der Waals surface area contributed by atoms with Crippen molar-refractivity contribution in [3.8, 4) is 11.5 Å². The van der Waals surface area contributed by atoms with Crippen molar-refractivity contribution >= 4 is 23.3 Å². The van der Waals surface area contributed by atoms with Gasteiger partial charge in [0.2, 0.25) is 11.7 Å². The number of hydrogen-bond donors (Lipinski definition) is 3. The molecule has 0 aliphatic carbocycles. The van der Waals surface area contributed by atoms with Gasteiger partial charge in [-0.1, -0.05) is 53.6 Å². The molecular formula is C22H16N6O3. The number of nitrogens with zero attached hydrogens (tertiary/aromatic N) is 3. The summed E-state index contributed by atoms with van der Waals surface area (Å²) < 4.78 is 5.61. The molecule has 0 saturated heterocycles. The molecule has 4 aromatic rings. The number of para-hydroxylation sites is 1. The van der Waals surface area contributed by atoms with Crippen molar-refractivity contribution in [1.82, 2.24) is 15.2 Å². The first-order chi connectivity index (χ1) is 15.2. The van der Waals surface area contributed by atoms with Crippen LogP contribution in [0, 0.1) is 0 Å². The van der Waals surface area contributed by atoms with Gasteiger partial charge in [-0.05, 0) is 12.1 Å². The summed E-state index contributed by atoms with van der Waals surface area (Å²) >= 11 is 0. The van der Waals surface area contributed by atoms with Crippen molar-refractivity contribution in [3.05, 3.63) is 94.4 Å². The minimum absolute atomic E-state index is 0.0310. The number of H-pyrrole nitrogens is 1. The quantitative estimate of drug-likeness (QED) is 0.473. The van der Waals surface area contributed by atoms with Crippen LogP contribution in [0.25, 0.3) is 11.5 Å². The van der Waals surface area contributed by atoms with E-state index in [-0.39, 0.29) is 23.4 Å². The Kier molecular flexibility index (Phi) is 4.60. The fourth-order valence-electron chi connectivity index (χ4n) is 3.24. The summed E-state index contributed by atoms with van der Waals surface area (Å²) in [5.41, 5.74) is 3.32. The van der Waals surface area contributed by atoms with Crippen molar-refractivity contribution in [3.63, 3.8) is 0 Å². The first-order valence-electron chi connectivity index (χ1n) is 9.50. The number of benzodiazepines with no additional fused rings is 1. The minimum Gasteiger partial charge on any atom is -0.403 e. The summed E-state index contributed by atoms with van der Waals surface area (Å²) in [6.07, 6.45) is 0.479. The first kappa shape index (κ1) is 18.5. The van der Waals surface area contributed by atoms with Gasteiger partial charge in [0.15, 0.2) is 0 Å². The molecule has 2 aromatic carbocycles. The van der Waals surface area contributed by atoms with E-state index in [1.807, 2.05) is 54.6 Å². The van der Waals surface area contributed by atoms with Crippen LogP contribution in [-0.2, 0) is 4.79 Å².